The largest absolute Gasteiger partial charge is 0.493 e. The molecule has 0 aliphatic rings. The molecule has 1 aromatic carbocycles. The van der Waals surface area contributed by atoms with E-state index in [1.165, 1.54) is 13.3 Å². The fourth-order valence-corrected chi connectivity index (χ4v) is 2.65. The summed E-state index contributed by atoms with van der Waals surface area (Å²) in [5.74, 6) is 0.159. The minimum Gasteiger partial charge on any atom is -0.493 e. The van der Waals surface area contributed by atoms with Crippen molar-refractivity contribution in [1.82, 2.24) is 4.98 Å². The van der Waals surface area contributed by atoms with Crippen LogP contribution in [0.25, 0.3) is 0 Å². The molecule has 0 fully saturated rings. The number of amides is 1. The average Bonchev–Trinajstić information content (AvgIpc) is 2.39. The first-order valence-electron chi connectivity index (χ1n) is 5.47. The molecule has 1 N–H and O–H groups in total. The Morgan fingerprint density at radius 3 is 2.70 bits per heavy atom. The first kappa shape index (κ1) is 15.1. The predicted octanol–water partition coefficient (Wildman–Crippen LogP) is 4.41. The Morgan fingerprint density at radius 1 is 1.35 bits per heavy atom. The number of anilines is 1. The van der Waals surface area contributed by atoms with Crippen molar-refractivity contribution in [3.8, 4) is 5.75 Å². The summed E-state index contributed by atoms with van der Waals surface area (Å²) in [7, 11) is 1.51. The summed E-state index contributed by atoms with van der Waals surface area (Å²) in [4.78, 5) is 16.0. The molecule has 2 rings (SSSR count). The molecule has 0 saturated heterocycles. The molecule has 0 radical (unpaired) electrons. The summed E-state index contributed by atoms with van der Waals surface area (Å²) in [5, 5.41) is 3.52. The van der Waals surface area contributed by atoms with Gasteiger partial charge in [0, 0.05) is 11.2 Å². The van der Waals surface area contributed by atoms with Gasteiger partial charge in [-0.15, -0.1) is 0 Å². The van der Waals surface area contributed by atoms with E-state index in [0.29, 0.717) is 31.6 Å². The second-order valence-electron chi connectivity index (χ2n) is 3.79. The monoisotopic (exact) mass is 374 g/mol. The van der Waals surface area contributed by atoms with Crippen LogP contribution in [0, 0.1) is 0 Å². The summed E-state index contributed by atoms with van der Waals surface area (Å²) >= 11 is 15.0. The Bertz CT molecular complexity index is 648. The highest BCUT2D eigenvalue weighted by atomic mass is 79.9. The number of rotatable bonds is 3. The molecule has 7 heteroatoms. The zero-order valence-corrected chi connectivity index (χ0v) is 13.4. The van der Waals surface area contributed by atoms with E-state index in [1.54, 1.807) is 24.3 Å². The van der Waals surface area contributed by atoms with Gasteiger partial charge in [-0.05, 0) is 40.2 Å². The highest BCUT2D eigenvalue weighted by Crippen LogP contribution is 2.36. The number of nitrogens with one attached hydrogen (secondary N) is 1. The van der Waals surface area contributed by atoms with Gasteiger partial charge < -0.3 is 10.1 Å². The van der Waals surface area contributed by atoms with Crippen molar-refractivity contribution in [3.63, 3.8) is 0 Å². The van der Waals surface area contributed by atoms with E-state index in [4.69, 9.17) is 27.9 Å². The van der Waals surface area contributed by atoms with Crippen LogP contribution in [0.2, 0.25) is 10.2 Å². The molecular weight excluding hydrogens is 367 g/mol. The van der Waals surface area contributed by atoms with Gasteiger partial charge in [0.05, 0.1) is 22.8 Å². The zero-order chi connectivity index (χ0) is 14.7. The summed E-state index contributed by atoms with van der Waals surface area (Å²) in [6.07, 6.45) is 1.39. The van der Waals surface area contributed by atoms with Crippen molar-refractivity contribution in [3.05, 3.63) is 50.7 Å². The molecule has 1 heterocycles. The van der Waals surface area contributed by atoms with Crippen LogP contribution in [-0.4, -0.2) is 18.0 Å². The van der Waals surface area contributed by atoms with E-state index >= 15 is 0 Å². The Kier molecular flexibility index (Phi) is 4.86. The SMILES string of the molecule is COc1c(Br)cc(Cl)cc1NC(=O)c1ccc(Cl)nc1. The number of benzene rings is 1. The summed E-state index contributed by atoms with van der Waals surface area (Å²) in [6.45, 7) is 0. The quantitative estimate of drug-likeness (QED) is 0.808. The third-order valence-electron chi connectivity index (χ3n) is 2.45. The summed E-state index contributed by atoms with van der Waals surface area (Å²) in [5.41, 5.74) is 0.847. The minimum atomic E-state index is -0.332. The van der Waals surface area contributed by atoms with E-state index in [1.807, 2.05) is 0 Å². The number of hydrogen-bond acceptors (Lipinski definition) is 3. The molecule has 1 aromatic heterocycles. The molecule has 2 aromatic rings. The first-order valence-corrected chi connectivity index (χ1v) is 7.02. The lowest BCUT2D eigenvalue weighted by atomic mass is 10.2. The molecular formula is C13H9BrCl2N2O2. The molecule has 4 nitrogen and oxygen atoms in total. The Balaban J connectivity index is 2.30. The van der Waals surface area contributed by atoms with Crippen LogP contribution in [0.1, 0.15) is 10.4 Å². The topological polar surface area (TPSA) is 51.2 Å². The number of carbonyl (C=O) groups is 1. The maximum atomic E-state index is 12.1. The molecule has 0 atom stereocenters. The van der Waals surface area contributed by atoms with Crippen LogP contribution < -0.4 is 10.1 Å². The predicted molar refractivity (Wildman–Crippen MR) is 82.9 cm³/mol. The Labute approximate surface area is 134 Å². The maximum Gasteiger partial charge on any atom is 0.257 e. The van der Waals surface area contributed by atoms with Crippen LogP contribution in [0.4, 0.5) is 5.69 Å². The number of aromatic nitrogens is 1. The molecule has 0 aliphatic carbocycles. The lowest BCUT2D eigenvalue weighted by molar-refractivity contribution is 0.102. The van der Waals surface area contributed by atoms with Crippen LogP contribution >= 0.6 is 39.1 Å². The van der Waals surface area contributed by atoms with Crippen molar-refractivity contribution in [2.45, 2.75) is 0 Å². The number of nitrogens with zero attached hydrogens (tertiary/aromatic N) is 1. The average molecular weight is 376 g/mol. The molecule has 0 saturated carbocycles. The molecule has 20 heavy (non-hydrogen) atoms. The highest BCUT2D eigenvalue weighted by Gasteiger charge is 2.13. The second-order valence-corrected chi connectivity index (χ2v) is 5.47. The Hall–Kier alpha value is -1.30. The first-order chi connectivity index (χ1) is 9.51. The van der Waals surface area contributed by atoms with Crippen molar-refractivity contribution < 1.29 is 9.53 Å². The van der Waals surface area contributed by atoms with E-state index in [0.717, 1.165) is 0 Å². The fourth-order valence-electron chi connectivity index (χ4n) is 1.57. The number of pyridine rings is 1. The second kappa shape index (κ2) is 6.43. The molecule has 104 valence electrons. The van der Waals surface area contributed by atoms with Gasteiger partial charge in [0.15, 0.2) is 5.75 Å². The lowest BCUT2D eigenvalue weighted by Gasteiger charge is -2.12. The smallest absolute Gasteiger partial charge is 0.257 e. The number of hydrogen-bond donors (Lipinski definition) is 1. The fraction of sp³-hybridized carbons (Fsp3) is 0.0769. The normalized spacial score (nSPS) is 10.2. The number of carbonyl (C=O) groups excluding carboxylic acids is 1. The van der Waals surface area contributed by atoms with Crippen molar-refractivity contribution in [2.75, 3.05) is 12.4 Å². The van der Waals surface area contributed by atoms with Gasteiger partial charge in [-0.1, -0.05) is 23.2 Å². The molecule has 1 amide bonds. The van der Waals surface area contributed by atoms with Gasteiger partial charge in [-0.25, -0.2) is 4.98 Å². The van der Waals surface area contributed by atoms with Crippen LogP contribution in [0.5, 0.6) is 5.75 Å². The number of methoxy groups -OCH3 is 1. The minimum absolute atomic E-state index is 0.324. The summed E-state index contributed by atoms with van der Waals surface area (Å²) in [6, 6.07) is 6.41. The van der Waals surface area contributed by atoms with Crippen molar-refractivity contribution in [1.29, 1.82) is 0 Å². The number of halogens is 3. The molecule has 0 spiro atoms. The van der Waals surface area contributed by atoms with E-state index < -0.39 is 0 Å². The van der Waals surface area contributed by atoms with Gasteiger partial charge in [0.25, 0.3) is 5.91 Å². The van der Waals surface area contributed by atoms with Crippen LogP contribution in [0.3, 0.4) is 0 Å². The van der Waals surface area contributed by atoms with Crippen molar-refractivity contribution in [2.24, 2.45) is 0 Å². The number of ether oxygens (including phenoxy) is 1. The van der Waals surface area contributed by atoms with Gasteiger partial charge in [-0.2, -0.15) is 0 Å². The molecule has 0 bridgehead atoms. The standard InChI is InChI=1S/C13H9BrCl2N2O2/c1-20-12-9(14)4-8(15)5-10(12)18-13(19)7-2-3-11(16)17-6-7/h2-6H,1H3,(H,18,19). The van der Waals surface area contributed by atoms with Crippen molar-refractivity contribution >= 4 is 50.7 Å². The summed E-state index contributed by atoms with van der Waals surface area (Å²) < 4.78 is 5.88. The molecule has 0 aliphatic heterocycles. The van der Waals surface area contributed by atoms with Crippen LogP contribution in [0.15, 0.2) is 34.9 Å². The van der Waals surface area contributed by atoms with Gasteiger partial charge in [0.2, 0.25) is 0 Å². The Morgan fingerprint density at radius 2 is 2.10 bits per heavy atom. The van der Waals surface area contributed by atoms with Gasteiger partial charge in [0.1, 0.15) is 5.15 Å². The third kappa shape index (κ3) is 3.42. The van der Waals surface area contributed by atoms with Gasteiger partial charge >= 0.3 is 0 Å². The third-order valence-corrected chi connectivity index (χ3v) is 3.48. The van der Waals surface area contributed by atoms with E-state index in [-0.39, 0.29) is 5.91 Å². The van der Waals surface area contributed by atoms with E-state index in [9.17, 15) is 4.79 Å². The highest BCUT2D eigenvalue weighted by molar-refractivity contribution is 9.10. The maximum absolute atomic E-state index is 12.1. The lowest BCUT2D eigenvalue weighted by Crippen LogP contribution is -2.13. The zero-order valence-electron chi connectivity index (χ0n) is 10.3. The van der Waals surface area contributed by atoms with Gasteiger partial charge in [-0.3, -0.25) is 4.79 Å². The van der Waals surface area contributed by atoms with E-state index in [2.05, 4.69) is 26.2 Å². The van der Waals surface area contributed by atoms with Crippen LogP contribution in [-0.2, 0) is 0 Å². The molecule has 0 unspecified atom stereocenters.